The van der Waals surface area contributed by atoms with Gasteiger partial charge >= 0.3 is 6.18 Å². The molecule has 8 nitrogen and oxygen atoms in total. The molecule has 2 aliphatic heterocycles. The maximum absolute atomic E-state index is 13.1. The second kappa shape index (κ2) is 11.1. The minimum Gasteiger partial charge on any atom is -0.444 e. The van der Waals surface area contributed by atoms with Gasteiger partial charge in [-0.3, -0.25) is 9.88 Å². The number of para-hydroxylation sites is 1. The van der Waals surface area contributed by atoms with E-state index in [4.69, 9.17) is 21.1 Å². The van der Waals surface area contributed by atoms with Crippen molar-refractivity contribution in [2.45, 2.75) is 58.0 Å². The number of aromatic amines is 1. The number of nitrogens with one attached hydrogen (secondary N) is 1. The van der Waals surface area contributed by atoms with E-state index in [0.29, 0.717) is 41.6 Å². The lowest BCUT2D eigenvalue weighted by Gasteiger charge is -2.28. The molecular formula is C34H30ClF3N6O2. The van der Waals surface area contributed by atoms with Crippen LogP contribution in [-0.4, -0.2) is 38.2 Å². The SMILES string of the molecule is Cc1ccc(C2(C)Oc3cccc(C4=CCN(Cc5ncc(-c6nnc(C(F)(F)F)[nH]6)cc5CC5(C#N)CC5)CC4)c3O2)c(Cl)c1. The molecule has 0 spiro atoms. The Labute approximate surface area is 268 Å². The van der Waals surface area contributed by atoms with Crippen LogP contribution >= 0.6 is 11.6 Å². The molecule has 1 N–H and O–H groups in total. The third kappa shape index (κ3) is 5.72. The average Bonchev–Trinajstić information content (AvgIpc) is 3.42. The Balaban J connectivity index is 1.10. The fraction of sp³-hybridized carbons (Fsp3) is 0.353. The van der Waals surface area contributed by atoms with Gasteiger partial charge in [-0.25, -0.2) is 0 Å². The maximum atomic E-state index is 13.1. The van der Waals surface area contributed by atoms with Crippen LogP contribution in [0.1, 0.15) is 60.0 Å². The number of aryl methyl sites for hydroxylation is 1. The zero-order valence-electron chi connectivity index (χ0n) is 25.2. The lowest BCUT2D eigenvalue weighted by atomic mass is 9.94. The van der Waals surface area contributed by atoms with E-state index in [0.717, 1.165) is 59.3 Å². The molecule has 46 heavy (non-hydrogen) atoms. The number of hydrogen-bond acceptors (Lipinski definition) is 7. The smallest absolute Gasteiger partial charge is 0.444 e. The van der Waals surface area contributed by atoms with E-state index in [1.165, 1.54) is 6.20 Å². The molecule has 1 atom stereocenters. The monoisotopic (exact) mass is 646 g/mol. The first kappa shape index (κ1) is 30.3. The second-order valence-electron chi connectivity index (χ2n) is 12.4. The highest BCUT2D eigenvalue weighted by atomic mass is 35.5. The fourth-order valence-electron chi connectivity index (χ4n) is 6.12. The number of H-pyrrole nitrogens is 1. The average molecular weight is 647 g/mol. The van der Waals surface area contributed by atoms with Crippen molar-refractivity contribution in [2.75, 3.05) is 13.1 Å². The molecule has 2 aromatic heterocycles. The third-order valence-corrected chi connectivity index (χ3v) is 9.23. The Kier molecular flexibility index (Phi) is 7.33. The van der Waals surface area contributed by atoms with Crippen LogP contribution in [0.15, 0.2) is 54.7 Å². The number of ether oxygens (including phenoxy) is 2. The summed E-state index contributed by atoms with van der Waals surface area (Å²) in [6.45, 7) is 5.79. The van der Waals surface area contributed by atoms with E-state index in [1.807, 2.05) is 50.2 Å². The van der Waals surface area contributed by atoms with E-state index < -0.39 is 23.2 Å². The first-order valence-corrected chi connectivity index (χ1v) is 15.4. The number of fused-ring (bicyclic) bond motifs is 1. The molecular weight excluding hydrogens is 617 g/mol. The number of alkyl halides is 3. The van der Waals surface area contributed by atoms with Crippen molar-refractivity contribution >= 4 is 17.2 Å². The van der Waals surface area contributed by atoms with E-state index in [1.54, 1.807) is 6.07 Å². The Morgan fingerprint density at radius 1 is 1.13 bits per heavy atom. The van der Waals surface area contributed by atoms with Gasteiger partial charge in [0.05, 0.1) is 27.8 Å². The molecule has 0 saturated heterocycles. The molecule has 7 rings (SSSR count). The second-order valence-corrected chi connectivity index (χ2v) is 12.8. The molecule has 0 bridgehead atoms. The van der Waals surface area contributed by atoms with Crippen molar-refractivity contribution in [3.8, 4) is 29.0 Å². The Bertz CT molecular complexity index is 1910. The van der Waals surface area contributed by atoms with Gasteiger partial charge in [0.1, 0.15) is 0 Å². The highest BCUT2D eigenvalue weighted by Gasteiger charge is 2.44. The molecule has 3 aliphatic rings. The fourth-order valence-corrected chi connectivity index (χ4v) is 6.52. The highest BCUT2D eigenvalue weighted by molar-refractivity contribution is 6.31. The Hall–Kier alpha value is -4.40. The summed E-state index contributed by atoms with van der Waals surface area (Å²) < 4.78 is 52.1. The van der Waals surface area contributed by atoms with Crippen LogP contribution in [0.2, 0.25) is 5.02 Å². The summed E-state index contributed by atoms with van der Waals surface area (Å²) in [5.74, 6) is -0.879. The number of rotatable bonds is 7. The Morgan fingerprint density at radius 2 is 1.96 bits per heavy atom. The minimum absolute atomic E-state index is 0.0117. The summed E-state index contributed by atoms with van der Waals surface area (Å²) in [6.07, 6.45) is 1.86. The standard InChI is InChI=1S/C34H30ClF3N6O2/c1-20-6-7-25(26(35)14-20)32(2)45-28-5-3-4-24(29(28)46-32)21-8-12-44(13-9-21)18-27-22(16-33(19-39)10-11-33)15-23(17-40-27)30-41-31(43-42-30)34(36,37)38/h3-8,14-15,17H,9-13,16,18H2,1-2H3,(H,41,42,43). The van der Waals surface area contributed by atoms with Gasteiger partial charge < -0.3 is 14.5 Å². The van der Waals surface area contributed by atoms with E-state index in [2.05, 4.69) is 37.2 Å². The normalized spacial score (nSPS) is 20.3. The molecule has 1 saturated carbocycles. The lowest BCUT2D eigenvalue weighted by molar-refractivity contribution is -0.144. The van der Waals surface area contributed by atoms with Crippen molar-refractivity contribution in [3.63, 3.8) is 0 Å². The molecule has 236 valence electrons. The number of pyridine rings is 1. The van der Waals surface area contributed by atoms with Gasteiger partial charge in [0.25, 0.3) is 5.79 Å². The van der Waals surface area contributed by atoms with Gasteiger partial charge in [0.15, 0.2) is 17.3 Å². The first-order valence-electron chi connectivity index (χ1n) is 15.0. The molecule has 0 radical (unpaired) electrons. The number of halogens is 4. The van der Waals surface area contributed by atoms with Gasteiger partial charge in [0, 0.05) is 43.9 Å². The number of benzene rings is 2. The predicted octanol–water partition coefficient (Wildman–Crippen LogP) is 7.63. The highest BCUT2D eigenvalue weighted by Crippen LogP contribution is 2.50. The van der Waals surface area contributed by atoms with Crippen LogP contribution in [0.3, 0.4) is 0 Å². The van der Waals surface area contributed by atoms with Crippen molar-refractivity contribution in [1.29, 1.82) is 5.26 Å². The number of aromatic nitrogens is 4. The van der Waals surface area contributed by atoms with E-state index in [-0.39, 0.29) is 5.82 Å². The molecule has 1 fully saturated rings. The van der Waals surface area contributed by atoms with Crippen molar-refractivity contribution < 1.29 is 22.6 Å². The zero-order chi connectivity index (χ0) is 32.3. The maximum Gasteiger partial charge on any atom is 0.451 e. The quantitative estimate of drug-likeness (QED) is 0.220. The summed E-state index contributed by atoms with van der Waals surface area (Å²) in [6, 6.07) is 15.9. The predicted molar refractivity (Wildman–Crippen MR) is 165 cm³/mol. The third-order valence-electron chi connectivity index (χ3n) is 8.92. The van der Waals surface area contributed by atoms with Crippen LogP contribution in [-0.2, 0) is 24.9 Å². The molecule has 2 aromatic carbocycles. The topological polar surface area (TPSA) is 100.0 Å². The lowest BCUT2D eigenvalue weighted by Crippen LogP contribution is -2.32. The molecule has 12 heteroatoms. The largest absolute Gasteiger partial charge is 0.451 e. The number of nitrogens with zero attached hydrogens (tertiary/aromatic N) is 5. The van der Waals surface area contributed by atoms with Crippen molar-refractivity contribution in [3.05, 3.63) is 93.5 Å². The summed E-state index contributed by atoms with van der Waals surface area (Å²) in [7, 11) is 0. The first-order chi connectivity index (χ1) is 22.0. The van der Waals surface area contributed by atoms with Crippen LogP contribution in [0.5, 0.6) is 11.5 Å². The van der Waals surface area contributed by atoms with E-state index >= 15 is 0 Å². The van der Waals surface area contributed by atoms with Crippen LogP contribution in [0.25, 0.3) is 17.0 Å². The summed E-state index contributed by atoms with van der Waals surface area (Å²) >= 11 is 6.58. The van der Waals surface area contributed by atoms with Gasteiger partial charge in [-0.15, -0.1) is 10.2 Å². The molecule has 4 heterocycles. The molecule has 0 amide bonds. The van der Waals surface area contributed by atoms with Gasteiger partial charge in [-0.2, -0.15) is 18.4 Å². The zero-order valence-corrected chi connectivity index (χ0v) is 26.0. The number of hydrogen-bond donors (Lipinski definition) is 1. The van der Waals surface area contributed by atoms with Crippen LogP contribution < -0.4 is 9.47 Å². The molecule has 1 aliphatic carbocycles. The van der Waals surface area contributed by atoms with Crippen LogP contribution in [0.4, 0.5) is 13.2 Å². The summed E-state index contributed by atoms with van der Waals surface area (Å²) in [5.41, 5.74) is 5.49. The summed E-state index contributed by atoms with van der Waals surface area (Å²) in [5, 5.41) is 17.3. The minimum atomic E-state index is -4.63. The molecule has 4 aromatic rings. The van der Waals surface area contributed by atoms with Gasteiger partial charge in [-0.05, 0) is 73.6 Å². The Morgan fingerprint density at radius 3 is 2.63 bits per heavy atom. The van der Waals surface area contributed by atoms with Crippen molar-refractivity contribution in [2.24, 2.45) is 5.41 Å². The summed E-state index contributed by atoms with van der Waals surface area (Å²) in [4.78, 5) is 9.17. The number of nitriles is 1. The van der Waals surface area contributed by atoms with Gasteiger partial charge in [-0.1, -0.05) is 35.9 Å². The molecule has 1 unspecified atom stereocenters. The van der Waals surface area contributed by atoms with Gasteiger partial charge in [0.2, 0.25) is 5.82 Å². The van der Waals surface area contributed by atoms with Crippen LogP contribution in [0, 0.1) is 23.7 Å². The van der Waals surface area contributed by atoms with Crippen molar-refractivity contribution in [1.82, 2.24) is 25.1 Å². The van der Waals surface area contributed by atoms with E-state index in [9.17, 15) is 18.4 Å².